The van der Waals surface area contributed by atoms with E-state index in [0.29, 0.717) is 11.5 Å². The van der Waals surface area contributed by atoms with Crippen LogP contribution in [0.15, 0.2) is 30.3 Å². The predicted molar refractivity (Wildman–Crippen MR) is 72.2 cm³/mol. The zero-order chi connectivity index (χ0) is 13.1. The van der Waals surface area contributed by atoms with Crippen LogP contribution in [0, 0.1) is 0 Å². The molecule has 0 saturated carbocycles. The van der Waals surface area contributed by atoms with Gasteiger partial charge < -0.3 is 14.9 Å². The lowest BCUT2D eigenvalue weighted by Crippen LogP contribution is -2.13. The zero-order valence-corrected chi connectivity index (χ0v) is 10.7. The van der Waals surface area contributed by atoms with Crippen LogP contribution in [0.3, 0.4) is 0 Å². The van der Waals surface area contributed by atoms with Gasteiger partial charge in [-0.15, -0.1) is 0 Å². The molecular formula is C15H18O3. The Labute approximate surface area is 107 Å². The van der Waals surface area contributed by atoms with Crippen LogP contribution < -0.4 is 4.74 Å². The van der Waals surface area contributed by atoms with Gasteiger partial charge in [0.1, 0.15) is 18.1 Å². The van der Waals surface area contributed by atoms with E-state index in [9.17, 15) is 10.2 Å². The average molecular weight is 246 g/mol. The summed E-state index contributed by atoms with van der Waals surface area (Å²) in [6.45, 7) is 3.92. The Morgan fingerprint density at radius 1 is 1.22 bits per heavy atom. The summed E-state index contributed by atoms with van der Waals surface area (Å²) < 4.78 is 5.62. The zero-order valence-electron chi connectivity index (χ0n) is 10.7. The first-order valence-electron chi connectivity index (χ1n) is 6.18. The molecule has 0 spiro atoms. The van der Waals surface area contributed by atoms with E-state index in [4.69, 9.17) is 4.74 Å². The first kappa shape index (κ1) is 12.7. The second-order valence-corrected chi connectivity index (χ2v) is 4.44. The standard InChI is InChI=1S/C15H18O3/c1-3-11-8-14(18-9-10(2)16)12-6-4-5-7-13(12)15(11)17/h4-8,10,16-17H,3,9H2,1-2H3. The van der Waals surface area contributed by atoms with Gasteiger partial charge in [0.15, 0.2) is 0 Å². The molecule has 1 atom stereocenters. The molecule has 3 heteroatoms. The molecule has 1 unspecified atom stereocenters. The number of aliphatic hydroxyl groups excluding tert-OH is 1. The maximum atomic E-state index is 10.1. The third-order valence-electron chi connectivity index (χ3n) is 2.92. The summed E-state index contributed by atoms with van der Waals surface area (Å²) in [5.41, 5.74) is 0.856. The molecule has 2 aromatic rings. The minimum atomic E-state index is -0.511. The number of aromatic hydroxyl groups is 1. The molecule has 0 heterocycles. The third kappa shape index (κ3) is 2.41. The van der Waals surface area contributed by atoms with Crippen molar-refractivity contribution < 1.29 is 14.9 Å². The van der Waals surface area contributed by atoms with E-state index in [2.05, 4.69) is 0 Å². The first-order chi connectivity index (χ1) is 8.63. The van der Waals surface area contributed by atoms with Gasteiger partial charge >= 0.3 is 0 Å². The molecule has 2 rings (SSSR count). The minimum Gasteiger partial charge on any atom is -0.507 e. The monoisotopic (exact) mass is 246 g/mol. The molecule has 0 fully saturated rings. The maximum absolute atomic E-state index is 10.1. The van der Waals surface area contributed by atoms with Crippen LogP contribution in [-0.2, 0) is 6.42 Å². The van der Waals surface area contributed by atoms with Gasteiger partial charge in [-0.3, -0.25) is 0 Å². The lowest BCUT2D eigenvalue weighted by atomic mass is 10.0. The van der Waals surface area contributed by atoms with Gasteiger partial charge in [0.2, 0.25) is 0 Å². The van der Waals surface area contributed by atoms with Gasteiger partial charge in [0.25, 0.3) is 0 Å². The largest absolute Gasteiger partial charge is 0.507 e. The normalized spacial score (nSPS) is 12.6. The number of aryl methyl sites for hydroxylation is 1. The molecule has 96 valence electrons. The third-order valence-corrected chi connectivity index (χ3v) is 2.92. The first-order valence-corrected chi connectivity index (χ1v) is 6.18. The summed E-state index contributed by atoms with van der Waals surface area (Å²) in [6.07, 6.45) is 0.226. The summed E-state index contributed by atoms with van der Waals surface area (Å²) in [7, 11) is 0. The van der Waals surface area contributed by atoms with Crippen molar-refractivity contribution in [1.82, 2.24) is 0 Å². The fourth-order valence-corrected chi connectivity index (χ4v) is 1.98. The van der Waals surface area contributed by atoms with E-state index in [1.807, 2.05) is 37.3 Å². The van der Waals surface area contributed by atoms with Gasteiger partial charge in [-0.2, -0.15) is 0 Å². The SMILES string of the molecule is CCc1cc(OCC(C)O)c2ccccc2c1O. The highest BCUT2D eigenvalue weighted by molar-refractivity contribution is 5.94. The van der Waals surface area contributed by atoms with Crippen LogP contribution in [0.4, 0.5) is 0 Å². The topological polar surface area (TPSA) is 49.7 Å². The molecule has 0 amide bonds. The summed E-state index contributed by atoms with van der Waals surface area (Å²) in [6, 6.07) is 9.42. The molecule has 2 N–H and O–H groups in total. The second kappa shape index (κ2) is 5.27. The van der Waals surface area contributed by atoms with Crippen LogP contribution in [0.5, 0.6) is 11.5 Å². The fourth-order valence-electron chi connectivity index (χ4n) is 1.98. The van der Waals surface area contributed by atoms with Crippen LogP contribution in [0.2, 0.25) is 0 Å². The number of aliphatic hydroxyl groups is 1. The number of ether oxygens (including phenoxy) is 1. The van der Waals surface area contributed by atoms with Crippen LogP contribution in [-0.4, -0.2) is 22.9 Å². The Hall–Kier alpha value is -1.74. The molecule has 0 aromatic heterocycles. The highest BCUT2D eigenvalue weighted by Crippen LogP contribution is 2.36. The molecule has 0 saturated heterocycles. The molecular weight excluding hydrogens is 228 g/mol. The van der Waals surface area contributed by atoms with Crippen LogP contribution in [0.25, 0.3) is 10.8 Å². The molecule has 0 aliphatic carbocycles. The molecule has 0 aliphatic rings. The van der Waals surface area contributed by atoms with E-state index < -0.39 is 6.10 Å². The predicted octanol–water partition coefficient (Wildman–Crippen LogP) is 2.87. The fraction of sp³-hybridized carbons (Fsp3) is 0.333. The van der Waals surface area contributed by atoms with Crippen LogP contribution >= 0.6 is 0 Å². The summed E-state index contributed by atoms with van der Waals surface area (Å²) >= 11 is 0. The molecule has 0 aliphatic heterocycles. The Kier molecular flexibility index (Phi) is 3.72. The van der Waals surface area contributed by atoms with Gasteiger partial charge in [-0.05, 0) is 25.0 Å². The van der Waals surface area contributed by atoms with E-state index in [-0.39, 0.29) is 6.61 Å². The van der Waals surface area contributed by atoms with E-state index in [1.54, 1.807) is 6.92 Å². The Balaban J connectivity index is 2.53. The number of hydrogen-bond acceptors (Lipinski definition) is 3. The van der Waals surface area contributed by atoms with Crippen molar-refractivity contribution >= 4 is 10.8 Å². The highest BCUT2D eigenvalue weighted by Gasteiger charge is 2.11. The van der Waals surface area contributed by atoms with Crippen molar-refractivity contribution in [1.29, 1.82) is 0 Å². The molecule has 0 bridgehead atoms. The maximum Gasteiger partial charge on any atom is 0.127 e. The molecule has 3 nitrogen and oxygen atoms in total. The van der Waals surface area contributed by atoms with Crippen molar-refractivity contribution in [2.75, 3.05) is 6.61 Å². The lowest BCUT2D eigenvalue weighted by molar-refractivity contribution is 0.123. The van der Waals surface area contributed by atoms with Crippen molar-refractivity contribution in [2.45, 2.75) is 26.4 Å². The van der Waals surface area contributed by atoms with Gasteiger partial charge in [-0.1, -0.05) is 31.2 Å². The molecule has 0 radical (unpaired) electrons. The number of hydrogen-bond donors (Lipinski definition) is 2. The lowest BCUT2D eigenvalue weighted by Gasteiger charge is -2.14. The molecule has 18 heavy (non-hydrogen) atoms. The van der Waals surface area contributed by atoms with Gasteiger partial charge in [0, 0.05) is 10.8 Å². The quantitative estimate of drug-likeness (QED) is 0.872. The Morgan fingerprint density at radius 2 is 1.89 bits per heavy atom. The second-order valence-electron chi connectivity index (χ2n) is 4.44. The highest BCUT2D eigenvalue weighted by atomic mass is 16.5. The van der Waals surface area contributed by atoms with E-state index in [1.165, 1.54) is 0 Å². The summed E-state index contributed by atoms with van der Waals surface area (Å²) in [5.74, 6) is 1.03. The van der Waals surface area contributed by atoms with Crippen molar-refractivity contribution in [2.24, 2.45) is 0 Å². The number of fused-ring (bicyclic) bond motifs is 1. The van der Waals surface area contributed by atoms with Crippen LogP contribution in [0.1, 0.15) is 19.4 Å². The number of phenolic OH excluding ortho intramolecular Hbond substituents is 1. The Bertz CT molecular complexity index is 547. The summed E-state index contributed by atoms with van der Waals surface area (Å²) in [5, 5.41) is 21.1. The summed E-state index contributed by atoms with van der Waals surface area (Å²) in [4.78, 5) is 0. The minimum absolute atomic E-state index is 0.248. The number of benzene rings is 2. The number of phenols is 1. The smallest absolute Gasteiger partial charge is 0.127 e. The van der Waals surface area contributed by atoms with E-state index in [0.717, 1.165) is 22.8 Å². The van der Waals surface area contributed by atoms with Gasteiger partial charge in [0.05, 0.1) is 6.10 Å². The van der Waals surface area contributed by atoms with Gasteiger partial charge in [-0.25, -0.2) is 0 Å². The van der Waals surface area contributed by atoms with Crippen molar-refractivity contribution in [3.63, 3.8) is 0 Å². The van der Waals surface area contributed by atoms with Crippen molar-refractivity contribution in [3.8, 4) is 11.5 Å². The molecule has 2 aromatic carbocycles. The van der Waals surface area contributed by atoms with Crippen molar-refractivity contribution in [3.05, 3.63) is 35.9 Å². The number of rotatable bonds is 4. The van der Waals surface area contributed by atoms with E-state index >= 15 is 0 Å². The average Bonchev–Trinajstić information content (AvgIpc) is 2.38. The Morgan fingerprint density at radius 3 is 2.50 bits per heavy atom.